The van der Waals surface area contributed by atoms with E-state index in [0.29, 0.717) is 35.5 Å². The van der Waals surface area contributed by atoms with Crippen molar-refractivity contribution >= 4 is 16.9 Å². The minimum atomic E-state index is -0.727. The average Bonchev–Trinajstić information content (AvgIpc) is 3.00. The Bertz CT molecular complexity index is 1090. The summed E-state index contributed by atoms with van der Waals surface area (Å²) in [7, 11) is 1.69. The summed E-state index contributed by atoms with van der Waals surface area (Å²) >= 11 is 0. The number of anilines is 1. The van der Waals surface area contributed by atoms with Gasteiger partial charge in [0.05, 0.1) is 17.0 Å². The van der Waals surface area contributed by atoms with Gasteiger partial charge in [0.15, 0.2) is 0 Å². The number of nitrogens with zero attached hydrogens (tertiary/aromatic N) is 3. The molecule has 2 aromatic carbocycles. The van der Waals surface area contributed by atoms with E-state index >= 15 is 0 Å². The SMILES string of the molecule is Cc1cc(C(C)O)c2nc(N3Cc4ccc(F)cc4C3)n(C)c(=O)c2c1. The lowest BCUT2D eigenvalue weighted by atomic mass is 10.0. The van der Waals surface area contributed by atoms with Crippen LogP contribution in [0.15, 0.2) is 35.1 Å². The Hall–Kier alpha value is -2.73. The van der Waals surface area contributed by atoms with Crippen molar-refractivity contribution in [3.8, 4) is 0 Å². The summed E-state index contributed by atoms with van der Waals surface area (Å²) in [5, 5.41) is 10.6. The molecule has 1 atom stereocenters. The number of rotatable bonds is 2. The number of benzene rings is 2. The van der Waals surface area contributed by atoms with Crippen molar-refractivity contribution in [2.75, 3.05) is 4.90 Å². The van der Waals surface area contributed by atoms with Gasteiger partial charge in [0, 0.05) is 25.7 Å². The van der Waals surface area contributed by atoms with Crippen molar-refractivity contribution in [2.24, 2.45) is 7.05 Å². The zero-order valence-electron chi connectivity index (χ0n) is 15.0. The van der Waals surface area contributed by atoms with Gasteiger partial charge in [-0.3, -0.25) is 9.36 Å². The molecule has 1 aromatic heterocycles. The van der Waals surface area contributed by atoms with E-state index < -0.39 is 6.10 Å². The number of aliphatic hydroxyl groups is 1. The molecule has 26 heavy (non-hydrogen) atoms. The largest absolute Gasteiger partial charge is 0.389 e. The van der Waals surface area contributed by atoms with Gasteiger partial charge in [0.2, 0.25) is 5.95 Å². The minimum absolute atomic E-state index is 0.155. The van der Waals surface area contributed by atoms with Gasteiger partial charge in [0.25, 0.3) is 5.56 Å². The Morgan fingerprint density at radius 3 is 2.65 bits per heavy atom. The molecule has 0 radical (unpaired) electrons. The molecule has 134 valence electrons. The summed E-state index contributed by atoms with van der Waals surface area (Å²) in [5.74, 6) is 0.252. The van der Waals surface area contributed by atoms with Crippen LogP contribution < -0.4 is 10.5 Å². The maximum atomic E-state index is 13.5. The second-order valence-electron chi connectivity index (χ2n) is 6.97. The third-order valence-electron chi connectivity index (χ3n) is 4.95. The van der Waals surface area contributed by atoms with Gasteiger partial charge < -0.3 is 10.0 Å². The van der Waals surface area contributed by atoms with E-state index in [1.807, 2.05) is 17.9 Å². The summed E-state index contributed by atoms with van der Waals surface area (Å²) in [6, 6.07) is 8.41. The zero-order valence-corrected chi connectivity index (χ0v) is 15.0. The lowest BCUT2D eigenvalue weighted by molar-refractivity contribution is 0.200. The summed E-state index contributed by atoms with van der Waals surface area (Å²) in [6.45, 7) is 4.62. The molecule has 0 amide bonds. The molecule has 1 aliphatic rings. The highest BCUT2D eigenvalue weighted by Crippen LogP contribution is 2.29. The van der Waals surface area contributed by atoms with Crippen LogP contribution >= 0.6 is 0 Å². The van der Waals surface area contributed by atoms with Crippen LogP contribution in [0, 0.1) is 12.7 Å². The van der Waals surface area contributed by atoms with Gasteiger partial charge in [-0.25, -0.2) is 9.37 Å². The highest BCUT2D eigenvalue weighted by molar-refractivity contribution is 5.83. The quantitative estimate of drug-likeness (QED) is 0.770. The van der Waals surface area contributed by atoms with Gasteiger partial charge >= 0.3 is 0 Å². The van der Waals surface area contributed by atoms with Gasteiger partial charge in [-0.1, -0.05) is 12.1 Å². The molecule has 3 aromatic rings. The average molecular weight is 353 g/mol. The van der Waals surface area contributed by atoms with Crippen molar-refractivity contribution in [3.05, 3.63) is 68.8 Å². The first kappa shape index (κ1) is 16.7. The predicted octanol–water partition coefficient (Wildman–Crippen LogP) is 2.95. The first-order valence-corrected chi connectivity index (χ1v) is 8.56. The third-order valence-corrected chi connectivity index (χ3v) is 4.95. The van der Waals surface area contributed by atoms with E-state index in [1.54, 1.807) is 26.1 Å². The molecular formula is C20H20FN3O2. The van der Waals surface area contributed by atoms with Crippen LogP contribution in [-0.4, -0.2) is 14.7 Å². The summed E-state index contributed by atoms with van der Waals surface area (Å²) in [6.07, 6.45) is -0.727. The highest BCUT2D eigenvalue weighted by Gasteiger charge is 2.24. The van der Waals surface area contributed by atoms with E-state index in [0.717, 1.165) is 16.7 Å². The van der Waals surface area contributed by atoms with E-state index in [-0.39, 0.29) is 11.4 Å². The van der Waals surface area contributed by atoms with E-state index in [1.165, 1.54) is 16.7 Å². The lowest BCUT2D eigenvalue weighted by Gasteiger charge is -2.21. The Morgan fingerprint density at radius 2 is 1.92 bits per heavy atom. The van der Waals surface area contributed by atoms with E-state index in [4.69, 9.17) is 4.98 Å². The fourth-order valence-electron chi connectivity index (χ4n) is 3.65. The van der Waals surface area contributed by atoms with E-state index in [2.05, 4.69) is 0 Å². The van der Waals surface area contributed by atoms with Crippen molar-refractivity contribution in [2.45, 2.75) is 33.0 Å². The van der Waals surface area contributed by atoms with Gasteiger partial charge in [0.1, 0.15) is 5.82 Å². The molecule has 0 saturated heterocycles. The maximum absolute atomic E-state index is 13.5. The molecule has 0 aliphatic carbocycles. The number of aromatic nitrogens is 2. The monoisotopic (exact) mass is 353 g/mol. The molecule has 4 rings (SSSR count). The number of aliphatic hydroxyl groups excluding tert-OH is 1. The van der Waals surface area contributed by atoms with Crippen molar-refractivity contribution < 1.29 is 9.50 Å². The Labute approximate surface area is 150 Å². The molecule has 1 N–H and O–H groups in total. The fourth-order valence-corrected chi connectivity index (χ4v) is 3.65. The van der Waals surface area contributed by atoms with Crippen LogP contribution in [0.3, 0.4) is 0 Å². The Balaban J connectivity index is 1.89. The van der Waals surface area contributed by atoms with Crippen LogP contribution in [0.5, 0.6) is 0 Å². The maximum Gasteiger partial charge on any atom is 0.262 e. The van der Waals surface area contributed by atoms with Crippen molar-refractivity contribution in [3.63, 3.8) is 0 Å². The second kappa shape index (κ2) is 5.92. The molecule has 1 unspecified atom stereocenters. The molecule has 2 heterocycles. The van der Waals surface area contributed by atoms with Crippen LogP contribution in [0.4, 0.5) is 10.3 Å². The molecular weight excluding hydrogens is 333 g/mol. The first-order chi connectivity index (χ1) is 12.3. The molecule has 0 saturated carbocycles. The summed E-state index contributed by atoms with van der Waals surface area (Å²) in [5.41, 5.74) is 3.84. The van der Waals surface area contributed by atoms with Gasteiger partial charge in [-0.2, -0.15) is 0 Å². The molecule has 0 fully saturated rings. The molecule has 6 heteroatoms. The number of fused-ring (bicyclic) bond motifs is 2. The Kier molecular flexibility index (Phi) is 3.80. The van der Waals surface area contributed by atoms with E-state index in [9.17, 15) is 14.3 Å². The fraction of sp³-hybridized carbons (Fsp3) is 0.300. The number of hydrogen-bond donors (Lipinski definition) is 1. The zero-order chi connectivity index (χ0) is 18.6. The minimum Gasteiger partial charge on any atom is -0.389 e. The topological polar surface area (TPSA) is 58.4 Å². The summed E-state index contributed by atoms with van der Waals surface area (Å²) < 4.78 is 15.0. The standard InChI is InChI=1S/C20H20FN3O2/c1-11-6-16(12(2)25)18-17(7-11)19(26)23(3)20(22-18)24-9-13-4-5-15(21)8-14(13)10-24/h4-8,12,25H,9-10H2,1-3H3. The van der Waals surface area contributed by atoms with Gasteiger partial charge in [-0.05, 0) is 48.7 Å². The van der Waals surface area contributed by atoms with Crippen LogP contribution in [0.1, 0.15) is 35.3 Å². The third kappa shape index (κ3) is 2.57. The lowest BCUT2D eigenvalue weighted by Crippen LogP contribution is -2.28. The summed E-state index contributed by atoms with van der Waals surface area (Å²) in [4.78, 5) is 19.6. The van der Waals surface area contributed by atoms with Gasteiger partial charge in [-0.15, -0.1) is 0 Å². The van der Waals surface area contributed by atoms with Crippen LogP contribution in [0.2, 0.25) is 0 Å². The Morgan fingerprint density at radius 1 is 1.19 bits per heavy atom. The number of aryl methyl sites for hydroxylation is 1. The second-order valence-corrected chi connectivity index (χ2v) is 6.97. The smallest absolute Gasteiger partial charge is 0.262 e. The molecule has 0 bridgehead atoms. The van der Waals surface area contributed by atoms with Crippen LogP contribution in [-0.2, 0) is 20.1 Å². The van der Waals surface area contributed by atoms with Crippen molar-refractivity contribution in [1.82, 2.24) is 9.55 Å². The molecule has 5 nitrogen and oxygen atoms in total. The first-order valence-electron chi connectivity index (χ1n) is 8.56. The highest BCUT2D eigenvalue weighted by atomic mass is 19.1. The van der Waals surface area contributed by atoms with Crippen molar-refractivity contribution in [1.29, 1.82) is 0 Å². The molecule has 0 spiro atoms. The van der Waals surface area contributed by atoms with Crippen LogP contribution in [0.25, 0.3) is 10.9 Å². The normalized spacial score (nSPS) is 14.7. The number of hydrogen-bond acceptors (Lipinski definition) is 4. The molecule has 1 aliphatic heterocycles. The number of halogens is 1. The predicted molar refractivity (Wildman–Crippen MR) is 98.6 cm³/mol.